The maximum absolute atomic E-state index is 11.4. The average Bonchev–Trinajstić information content (AvgIpc) is 2.80. The largest absolute Gasteiger partial charge is 0.326 e. The number of halogens is 1. The number of amides is 1. The predicted octanol–water partition coefficient (Wildman–Crippen LogP) is 3.57. The predicted molar refractivity (Wildman–Crippen MR) is 78.5 cm³/mol. The van der Waals surface area contributed by atoms with Crippen LogP contribution >= 0.6 is 11.6 Å². The summed E-state index contributed by atoms with van der Waals surface area (Å²) in [5.41, 5.74) is 4.52. The van der Waals surface area contributed by atoms with Crippen molar-refractivity contribution in [3.05, 3.63) is 52.5 Å². The van der Waals surface area contributed by atoms with Crippen molar-refractivity contribution < 1.29 is 4.79 Å². The number of hydrogen-bond acceptors (Lipinski definition) is 2. The van der Waals surface area contributed by atoms with E-state index in [0.29, 0.717) is 11.4 Å². The summed E-state index contributed by atoms with van der Waals surface area (Å²) in [5.74, 6) is 0.0153. The maximum atomic E-state index is 11.4. The summed E-state index contributed by atoms with van der Waals surface area (Å²) in [5, 5.41) is 12.2. The Kier molecular flexibility index (Phi) is 3.17. The molecule has 1 aliphatic heterocycles. The van der Waals surface area contributed by atoms with E-state index in [1.807, 2.05) is 36.4 Å². The molecule has 0 fully saturated rings. The van der Waals surface area contributed by atoms with E-state index < -0.39 is 0 Å². The summed E-state index contributed by atoms with van der Waals surface area (Å²) in [6.07, 6.45) is 0.691. The molecule has 1 amide bonds. The van der Waals surface area contributed by atoms with Gasteiger partial charge in [0.15, 0.2) is 0 Å². The van der Waals surface area contributed by atoms with Crippen molar-refractivity contribution in [3.63, 3.8) is 0 Å². The first-order valence-electron chi connectivity index (χ1n) is 6.26. The summed E-state index contributed by atoms with van der Waals surface area (Å²) in [4.78, 5) is 11.4. The number of benzene rings is 2. The fraction of sp³-hybridized carbons (Fsp3) is 0.125. The third kappa shape index (κ3) is 2.15. The Bertz CT molecular complexity index is 747. The van der Waals surface area contributed by atoms with Gasteiger partial charge in [-0.3, -0.25) is 4.79 Å². The van der Waals surface area contributed by atoms with Crippen LogP contribution in [-0.2, 0) is 17.6 Å². The molecule has 0 radical (unpaired) electrons. The first kappa shape index (κ1) is 12.7. The molecule has 0 atom stereocenters. The van der Waals surface area contributed by atoms with Crippen molar-refractivity contribution in [2.75, 3.05) is 5.32 Å². The van der Waals surface area contributed by atoms with E-state index in [-0.39, 0.29) is 12.3 Å². The Labute approximate surface area is 121 Å². The molecule has 1 heterocycles. The number of carbonyl (C=O) groups is 1. The first-order chi connectivity index (χ1) is 9.69. The normalized spacial score (nSPS) is 12.7. The lowest BCUT2D eigenvalue weighted by Crippen LogP contribution is -2.03. The van der Waals surface area contributed by atoms with Crippen molar-refractivity contribution in [1.82, 2.24) is 0 Å². The van der Waals surface area contributed by atoms with Gasteiger partial charge in [0.2, 0.25) is 5.91 Å². The molecule has 0 saturated carbocycles. The van der Waals surface area contributed by atoms with E-state index in [1.54, 1.807) is 0 Å². The van der Waals surface area contributed by atoms with E-state index in [9.17, 15) is 4.79 Å². The van der Waals surface area contributed by atoms with Crippen LogP contribution in [0.4, 0.5) is 5.69 Å². The highest BCUT2D eigenvalue weighted by Crippen LogP contribution is 2.34. The van der Waals surface area contributed by atoms with Gasteiger partial charge >= 0.3 is 0 Å². The zero-order valence-corrected chi connectivity index (χ0v) is 11.4. The Hall–Kier alpha value is -2.31. The minimum atomic E-state index is 0.0153. The van der Waals surface area contributed by atoms with Crippen molar-refractivity contribution in [2.24, 2.45) is 0 Å². The Morgan fingerprint density at radius 3 is 2.95 bits per heavy atom. The van der Waals surface area contributed by atoms with Crippen LogP contribution in [0.3, 0.4) is 0 Å². The molecule has 0 bridgehead atoms. The standard InChI is InChI=1S/C16H11ClN2O/c17-16-10(6-7-18)2-1-3-13(16)11-4-5-14-12(8-11)9-15(20)19-14/h1-5,8H,6,9H2,(H,19,20). The Morgan fingerprint density at radius 2 is 2.15 bits per heavy atom. The van der Waals surface area contributed by atoms with Gasteiger partial charge in [0, 0.05) is 11.3 Å². The SMILES string of the molecule is N#CCc1cccc(-c2ccc3c(c2)CC(=O)N3)c1Cl. The van der Waals surface area contributed by atoms with E-state index in [2.05, 4.69) is 11.4 Å². The molecule has 0 aromatic heterocycles. The van der Waals surface area contributed by atoms with Crippen molar-refractivity contribution >= 4 is 23.2 Å². The highest BCUT2D eigenvalue weighted by molar-refractivity contribution is 6.34. The molecular formula is C16H11ClN2O. The van der Waals surface area contributed by atoms with Gasteiger partial charge in [-0.05, 0) is 28.8 Å². The summed E-state index contributed by atoms with van der Waals surface area (Å²) in [6, 6.07) is 13.6. The number of rotatable bonds is 2. The monoisotopic (exact) mass is 282 g/mol. The Balaban J connectivity index is 2.07. The third-order valence-corrected chi connectivity index (χ3v) is 3.84. The van der Waals surface area contributed by atoms with Gasteiger partial charge < -0.3 is 5.32 Å². The minimum Gasteiger partial charge on any atom is -0.326 e. The van der Waals surface area contributed by atoms with Gasteiger partial charge in [-0.15, -0.1) is 0 Å². The van der Waals surface area contributed by atoms with Crippen LogP contribution in [0, 0.1) is 11.3 Å². The molecule has 4 heteroatoms. The van der Waals surface area contributed by atoms with Crippen molar-refractivity contribution in [3.8, 4) is 17.2 Å². The topological polar surface area (TPSA) is 52.9 Å². The second-order valence-electron chi connectivity index (χ2n) is 4.71. The van der Waals surface area contributed by atoms with Crippen molar-refractivity contribution in [1.29, 1.82) is 5.26 Å². The highest BCUT2D eigenvalue weighted by atomic mass is 35.5. The number of nitrogens with zero attached hydrogens (tertiary/aromatic N) is 1. The fourth-order valence-electron chi connectivity index (χ4n) is 2.42. The average molecular weight is 283 g/mol. The lowest BCUT2D eigenvalue weighted by molar-refractivity contribution is -0.115. The Morgan fingerprint density at radius 1 is 1.30 bits per heavy atom. The van der Waals surface area contributed by atoms with Crippen LogP contribution in [0.25, 0.3) is 11.1 Å². The van der Waals surface area contributed by atoms with E-state index in [0.717, 1.165) is 27.9 Å². The molecule has 3 rings (SSSR count). The zero-order valence-electron chi connectivity index (χ0n) is 10.6. The lowest BCUT2D eigenvalue weighted by Gasteiger charge is -2.09. The van der Waals surface area contributed by atoms with E-state index >= 15 is 0 Å². The fourth-order valence-corrected chi connectivity index (χ4v) is 2.72. The number of fused-ring (bicyclic) bond motifs is 1. The van der Waals surface area contributed by atoms with Gasteiger partial charge in [0.25, 0.3) is 0 Å². The number of nitriles is 1. The van der Waals surface area contributed by atoms with Crippen LogP contribution in [-0.4, -0.2) is 5.91 Å². The van der Waals surface area contributed by atoms with Crippen LogP contribution in [0.15, 0.2) is 36.4 Å². The van der Waals surface area contributed by atoms with Crippen LogP contribution in [0.5, 0.6) is 0 Å². The zero-order chi connectivity index (χ0) is 14.1. The molecule has 20 heavy (non-hydrogen) atoms. The maximum Gasteiger partial charge on any atom is 0.228 e. The number of anilines is 1. The molecule has 3 nitrogen and oxygen atoms in total. The molecule has 98 valence electrons. The molecule has 2 aromatic carbocycles. The molecular weight excluding hydrogens is 272 g/mol. The number of nitrogens with one attached hydrogen (secondary N) is 1. The van der Waals surface area contributed by atoms with Crippen LogP contribution in [0.2, 0.25) is 5.02 Å². The van der Waals surface area contributed by atoms with E-state index in [1.165, 1.54) is 0 Å². The second kappa shape index (κ2) is 4.99. The molecule has 0 saturated heterocycles. The first-order valence-corrected chi connectivity index (χ1v) is 6.64. The molecule has 1 N–H and O–H groups in total. The summed E-state index contributed by atoms with van der Waals surface area (Å²) in [6.45, 7) is 0. The number of carbonyl (C=O) groups excluding carboxylic acids is 1. The highest BCUT2D eigenvalue weighted by Gasteiger charge is 2.18. The lowest BCUT2D eigenvalue weighted by atomic mass is 9.99. The van der Waals surface area contributed by atoms with E-state index in [4.69, 9.17) is 16.9 Å². The number of hydrogen-bond donors (Lipinski definition) is 1. The minimum absolute atomic E-state index is 0.0153. The van der Waals surface area contributed by atoms with Crippen molar-refractivity contribution in [2.45, 2.75) is 12.8 Å². The van der Waals surface area contributed by atoms with Gasteiger partial charge in [0.05, 0.1) is 23.9 Å². The van der Waals surface area contributed by atoms with Gasteiger partial charge in [-0.1, -0.05) is 35.9 Å². The quantitative estimate of drug-likeness (QED) is 0.915. The van der Waals surface area contributed by atoms with Gasteiger partial charge in [-0.2, -0.15) is 5.26 Å². The van der Waals surface area contributed by atoms with Crippen LogP contribution < -0.4 is 5.32 Å². The summed E-state index contributed by atoms with van der Waals surface area (Å²) >= 11 is 6.37. The molecule has 0 aliphatic carbocycles. The second-order valence-corrected chi connectivity index (χ2v) is 5.09. The summed E-state index contributed by atoms with van der Waals surface area (Å²) in [7, 11) is 0. The van der Waals surface area contributed by atoms with Gasteiger partial charge in [0.1, 0.15) is 0 Å². The molecule has 1 aliphatic rings. The molecule has 2 aromatic rings. The summed E-state index contributed by atoms with van der Waals surface area (Å²) < 4.78 is 0. The van der Waals surface area contributed by atoms with Gasteiger partial charge in [-0.25, -0.2) is 0 Å². The van der Waals surface area contributed by atoms with Crippen LogP contribution in [0.1, 0.15) is 11.1 Å². The third-order valence-electron chi connectivity index (χ3n) is 3.39. The molecule has 0 spiro atoms. The smallest absolute Gasteiger partial charge is 0.228 e. The molecule has 0 unspecified atom stereocenters.